The molecule has 1 heterocycles. The quantitative estimate of drug-likeness (QED) is 0.654. The van der Waals surface area contributed by atoms with E-state index < -0.39 is 5.91 Å². The third-order valence-electron chi connectivity index (χ3n) is 2.56. The summed E-state index contributed by atoms with van der Waals surface area (Å²) in [6, 6.07) is 7.85. The molecule has 0 fully saturated rings. The average molecular weight is 284 g/mol. The summed E-state index contributed by atoms with van der Waals surface area (Å²) in [5.74, 6) is -0.142. The number of carbonyl (C=O) groups excluding carboxylic acids is 1. The van der Waals surface area contributed by atoms with E-state index in [4.69, 9.17) is 9.68 Å². The zero-order chi connectivity index (χ0) is 15.2. The molecule has 0 saturated heterocycles. The molecule has 21 heavy (non-hydrogen) atoms. The van der Waals surface area contributed by atoms with Crippen molar-refractivity contribution in [3.05, 3.63) is 41.3 Å². The Morgan fingerprint density at radius 3 is 2.71 bits per heavy atom. The molecule has 2 rings (SSSR count). The Bertz CT molecular complexity index is 711. The molecule has 0 aliphatic heterocycles. The molecule has 0 aliphatic carbocycles. The van der Waals surface area contributed by atoms with Gasteiger partial charge in [-0.2, -0.15) is 5.26 Å². The van der Waals surface area contributed by atoms with Gasteiger partial charge in [-0.25, -0.2) is 0 Å². The van der Waals surface area contributed by atoms with E-state index in [0.29, 0.717) is 17.9 Å². The van der Waals surface area contributed by atoms with E-state index in [1.807, 2.05) is 6.92 Å². The normalized spacial score (nSPS) is 11.0. The lowest BCUT2D eigenvalue weighted by atomic mass is 10.1. The first-order chi connectivity index (χ1) is 10.1. The maximum Gasteiger partial charge on any atom is 0.322 e. The van der Waals surface area contributed by atoms with Crippen LogP contribution in [0.15, 0.2) is 34.3 Å². The van der Waals surface area contributed by atoms with Gasteiger partial charge in [0.25, 0.3) is 5.91 Å². The highest BCUT2D eigenvalue weighted by atomic mass is 16.4. The number of nitrogens with zero attached hydrogens (tertiary/aromatic N) is 3. The standard InChI is InChI=1S/C14H12N4O3/c1-2-12-17-18-14(21-12)16-13(20)10(8-15)7-9-3-5-11(19)6-4-9/h3-7,19H,2H2,1H3,(H,16,18,20)/b10-7+. The van der Waals surface area contributed by atoms with Gasteiger partial charge < -0.3 is 9.52 Å². The summed E-state index contributed by atoms with van der Waals surface area (Å²) in [7, 11) is 0. The van der Waals surface area contributed by atoms with Crippen molar-refractivity contribution in [2.45, 2.75) is 13.3 Å². The molecule has 0 spiro atoms. The topological polar surface area (TPSA) is 112 Å². The van der Waals surface area contributed by atoms with Crippen molar-refractivity contribution in [1.82, 2.24) is 10.2 Å². The van der Waals surface area contributed by atoms with Crippen LogP contribution in [0.4, 0.5) is 6.01 Å². The predicted molar refractivity (Wildman–Crippen MR) is 74.0 cm³/mol. The first-order valence-corrected chi connectivity index (χ1v) is 6.17. The number of hydrogen-bond acceptors (Lipinski definition) is 6. The SMILES string of the molecule is CCc1nnc(NC(=O)/C(C#N)=C/c2ccc(O)cc2)o1. The molecule has 0 saturated carbocycles. The van der Waals surface area contributed by atoms with Gasteiger partial charge in [0.1, 0.15) is 17.4 Å². The van der Waals surface area contributed by atoms with Gasteiger partial charge in [-0.15, -0.1) is 5.10 Å². The minimum Gasteiger partial charge on any atom is -0.508 e. The van der Waals surface area contributed by atoms with Gasteiger partial charge in [0, 0.05) is 6.42 Å². The number of phenolic OH excluding ortho intramolecular Hbond substituents is 1. The molecule has 1 amide bonds. The Labute approximate surface area is 120 Å². The van der Waals surface area contributed by atoms with Gasteiger partial charge in [0.15, 0.2) is 0 Å². The molecule has 2 N–H and O–H groups in total. The van der Waals surface area contributed by atoms with Crippen molar-refractivity contribution in [3.8, 4) is 11.8 Å². The second-order valence-electron chi connectivity index (χ2n) is 4.07. The second-order valence-corrected chi connectivity index (χ2v) is 4.07. The van der Waals surface area contributed by atoms with Crippen LogP contribution in [0.1, 0.15) is 18.4 Å². The van der Waals surface area contributed by atoms with Crippen LogP contribution in [-0.2, 0) is 11.2 Å². The van der Waals surface area contributed by atoms with Gasteiger partial charge in [-0.1, -0.05) is 24.2 Å². The predicted octanol–water partition coefficient (Wildman–Crippen LogP) is 1.88. The zero-order valence-electron chi connectivity index (χ0n) is 11.2. The van der Waals surface area contributed by atoms with Gasteiger partial charge >= 0.3 is 6.01 Å². The van der Waals surface area contributed by atoms with Crippen LogP contribution in [0.5, 0.6) is 5.75 Å². The van der Waals surface area contributed by atoms with Crippen molar-refractivity contribution < 1.29 is 14.3 Å². The van der Waals surface area contributed by atoms with Crippen molar-refractivity contribution in [2.75, 3.05) is 5.32 Å². The van der Waals surface area contributed by atoms with Crippen LogP contribution >= 0.6 is 0 Å². The molecule has 7 nitrogen and oxygen atoms in total. The molecule has 0 radical (unpaired) electrons. The molecule has 1 aromatic carbocycles. The Kier molecular flexibility index (Phi) is 4.31. The van der Waals surface area contributed by atoms with Crippen molar-refractivity contribution in [1.29, 1.82) is 5.26 Å². The zero-order valence-corrected chi connectivity index (χ0v) is 11.2. The van der Waals surface area contributed by atoms with Gasteiger partial charge in [0.2, 0.25) is 5.89 Å². The molecular formula is C14H12N4O3. The monoisotopic (exact) mass is 284 g/mol. The molecule has 2 aromatic rings. The fourth-order valence-corrected chi connectivity index (χ4v) is 1.50. The Balaban J connectivity index is 2.15. The first kappa shape index (κ1) is 14.3. The highest BCUT2D eigenvalue weighted by Crippen LogP contribution is 2.14. The number of phenols is 1. The number of nitriles is 1. The van der Waals surface area contributed by atoms with E-state index in [1.165, 1.54) is 18.2 Å². The van der Waals surface area contributed by atoms with Gasteiger partial charge in [0.05, 0.1) is 0 Å². The van der Waals surface area contributed by atoms with E-state index in [0.717, 1.165) is 0 Å². The van der Waals surface area contributed by atoms with Gasteiger partial charge in [-0.05, 0) is 23.8 Å². The number of anilines is 1. The van der Waals surface area contributed by atoms with Crippen LogP contribution in [0, 0.1) is 11.3 Å². The summed E-state index contributed by atoms with van der Waals surface area (Å²) in [5.41, 5.74) is 0.496. The van der Waals surface area contributed by atoms with E-state index >= 15 is 0 Å². The Morgan fingerprint density at radius 2 is 2.14 bits per heavy atom. The summed E-state index contributed by atoms with van der Waals surface area (Å²) in [5, 5.41) is 27.9. The fraction of sp³-hybridized carbons (Fsp3) is 0.143. The van der Waals surface area contributed by atoms with Crippen LogP contribution in [0.2, 0.25) is 0 Å². The van der Waals surface area contributed by atoms with Crippen LogP contribution < -0.4 is 5.32 Å². The van der Waals surface area contributed by atoms with E-state index in [9.17, 15) is 9.90 Å². The number of rotatable bonds is 4. The smallest absolute Gasteiger partial charge is 0.322 e. The highest BCUT2D eigenvalue weighted by Gasteiger charge is 2.13. The molecule has 7 heteroatoms. The van der Waals surface area contributed by atoms with Crippen LogP contribution in [0.3, 0.4) is 0 Å². The number of nitrogens with one attached hydrogen (secondary N) is 1. The second kappa shape index (κ2) is 6.34. The largest absolute Gasteiger partial charge is 0.508 e. The lowest BCUT2D eigenvalue weighted by molar-refractivity contribution is -0.112. The summed E-state index contributed by atoms with van der Waals surface area (Å²) >= 11 is 0. The third-order valence-corrected chi connectivity index (χ3v) is 2.56. The van der Waals surface area contributed by atoms with Crippen molar-refractivity contribution in [2.24, 2.45) is 0 Å². The number of carbonyl (C=O) groups is 1. The van der Waals surface area contributed by atoms with E-state index in [-0.39, 0.29) is 17.3 Å². The number of aromatic hydroxyl groups is 1. The van der Waals surface area contributed by atoms with E-state index in [1.54, 1.807) is 18.2 Å². The number of amides is 1. The summed E-state index contributed by atoms with van der Waals surface area (Å²) in [6.07, 6.45) is 1.95. The Hall–Kier alpha value is -3.14. The van der Waals surface area contributed by atoms with Crippen LogP contribution in [0.25, 0.3) is 6.08 Å². The fourth-order valence-electron chi connectivity index (χ4n) is 1.50. The molecular weight excluding hydrogens is 272 g/mol. The number of hydrogen-bond donors (Lipinski definition) is 2. The number of aromatic nitrogens is 2. The summed E-state index contributed by atoms with van der Waals surface area (Å²) in [4.78, 5) is 11.9. The molecule has 1 aromatic heterocycles. The molecule has 0 atom stereocenters. The summed E-state index contributed by atoms with van der Waals surface area (Å²) in [6.45, 7) is 1.84. The lowest BCUT2D eigenvalue weighted by Gasteiger charge is -1.99. The molecule has 106 valence electrons. The molecule has 0 aliphatic rings. The maximum absolute atomic E-state index is 11.9. The first-order valence-electron chi connectivity index (χ1n) is 6.17. The molecule has 0 bridgehead atoms. The van der Waals surface area contributed by atoms with Crippen LogP contribution in [-0.4, -0.2) is 21.2 Å². The lowest BCUT2D eigenvalue weighted by Crippen LogP contribution is -2.13. The third kappa shape index (κ3) is 3.67. The minimum atomic E-state index is -0.642. The number of benzene rings is 1. The minimum absolute atomic E-state index is 0.0521. The van der Waals surface area contributed by atoms with Crippen molar-refractivity contribution >= 4 is 18.0 Å². The molecule has 0 unspecified atom stereocenters. The van der Waals surface area contributed by atoms with Gasteiger partial charge in [-0.3, -0.25) is 10.1 Å². The van der Waals surface area contributed by atoms with Crippen molar-refractivity contribution in [3.63, 3.8) is 0 Å². The number of aryl methyl sites for hydroxylation is 1. The average Bonchev–Trinajstić information content (AvgIpc) is 2.94. The Morgan fingerprint density at radius 1 is 1.43 bits per heavy atom. The van der Waals surface area contributed by atoms with E-state index in [2.05, 4.69) is 15.5 Å². The highest BCUT2D eigenvalue weighted by molar-refractivity contribution is 6.08. The maximum atomic E-state index is 11.9. The summed E-state index contributed by atoms with van der Waals surface area (Å²) < 4.78 is 5.14.